The average molecular weight is 264 g/mol. The van der Waals surface area contributed by atoms with Crippen molar-refractivity contribution >= 4 is 17.3 Å². The lowest BCUT2D eigenvalue weighted by Crippen LogP contribution is -1.97. The van der Waals surface area contributed by atoms with E-state index in [0.29, 0.717) is 21.9 Å². The number of hydrogen-bond acceptors (Lipinski definition) is 4. The molecule has 5 heteroatoms. The zero-order valence-electron chi connectivity index (χ0n) is 9.97. The predicted octanol–water partition coefficient (Wildman–Crippen LogP) is 3.13. The van der Waals surface area contributed by atoms with Crippen molar-refractivity contribution in [3.05, 3.63) is 34.5 Å². The number of thiophene rings is 1. The monoisotopic (exact) mass is 264 g/mol. The maximum atomic E-state index is 11.1. The van der Waals surface area contributed by atoms with Crippen LogP contribution in [-0.4, -0.2) is 25.3 Å². The highest BCUT2D eigenvalue weighted by Crippen LogP contribution is 2.40. The molecule has 1 aromatic carbocycles. The van der Waals surface area contributed by atoms with Crippen molar-refractivity contribution in [2.24, 2.45) is 0 Å². The van der Waals surface area contributed by atoms with E-state index in [4.69, 9.17) is 14.6 Å². The van der Waals surface area contributed by atoms with Gasteiger partial charge in [0.1, 0.15) is 4.88 Å². The van der Waals surface area contributed by atoms with E-state index < -0.39 is 5.97 Å². The molecule has 0 fully saturated rings. The molecular weight excluding hydrogens is 252 g/mol. The lowest BCUT2D eigenvalue weighted by Gasteiger charge is -2.12. The van der Waals surface area contributed by atoms with Gasteiger partial charge in [-0.25, -0.2) is 4.79 Å². The molecule has 0 bridgehead atoms. The van der Waals surface area contributed by atoms with E-state index >= 15 is 0 Å². The number of carboxylic acid groups (broad SMARTS) is 1. The molecule has 0 aliphatic heterocycles. The number of aromatic carboxylic acids is 1. The van der Waals surface area contributed by atoms with Crippen LogP contribution in [0.3, 0.4) is 0 Å². The second-order valence-electron chi connectivity index (χ2n) is 3.51. The van der Waals surface area contributed by atoms with Gasteiger partial charge in [-0.2, -0.15) is 0 Å². The Kier molecular flexibility index (Phi) is 3.53. The van der Waals surface area contributed by atoms with Gasteiger partial charge in [-0.15, -0.1) is 11.3 Å². The molecule has 94 valence electrons. The van der Waals surface area contributed by atoms with Crippen LogP contribution >= 0.6 is 11.3 Å². The summed E-state index contributed by atoms with van der Waals surface area (Å²) in [5.74, 6) is 0.184. The summed E-state index contributed by atoms with van der Waals surface area (Å²) in [6, 6.07) is 7.16. The lowest BCUT2D eigenvalue weighted by atomic mass is 10.0. The fourth-order valence-electron chi connectivity index (χ4n) is 1.79. The molecule has 1 N–H and O–H groups in total. The quantitative estimate of drug-likeness (QED) is 0.921. The highest BCUT2D eigenvalue weighted by atomic mass is 32.1. The molecule has 0 aliphatic carbocycles. The summed E-state index contributed by atoms with van der Waals surface area (Å²) in [5, 5.41) is 10.9. The molecule has 2 aromatic rings. The van der Waals surface area contributed by atoms with Gasteiger partial charge >= 0.3 is 5.97 Å². The van der Waals surface area contributed by atoms with Crippen molar-refractivity contribution in [1.29, 1.82) is 0 Å². The zero-order valence-corrected chi connectivity index (χ0v) is 10.8. The van der Waals surface area contributed by atoms with E-state index in [0.717, 1.165) is 5.56 Å². The first kappa shape index (κ1) is 12.4. The minimum atomic E-state index is -0.940. The maximum absolute atomic E-state index is 11.1. The number of hydrogen-bond donors (Lipinski definition) is 1. The van der Waals surface area contributed by atoms with Crippen LogP contribution in [-0.2, 0) is 0 Å². The van der Waals surface area contributed by atoms with E-state index in [-0.39, 0.29) is 0 Å². The Bertz CT molecular complexity index is 574. The molecule has 4 nitrogen and oxygen atoms in total. The molecule has 0 spiro atoms. The summed E-state index contributed by atoms with van der Waals surface area (Å²) in [7, 11) is 3.08. The Morgan fingerprint density at radius 2 is 1.94 bits per heavy atom. The van der Waals surface area contributed by atoms with Crippen LogP contribution in [0.5, 0.6) is 11.5 Å². The van der Waals surface area contributed by atoms with Crippen molar-refractivity contribution in [2.75, 3.05) is 14.2 Å². The molecule has 0 saturated heterocycles. The van der Waals surface area contributed by atoms with Gasteiger partial charge in [0, 0.05) is 11.1 Å². The van der Waals surface area contributed by atoms with E-state index in [1.807, 2.05) is 6.07 Å². The molecule has 2 rings (SSSR count). The van der Waals surface area contributed by atoms with Crippen LogP contribution in [0.25, 0.3) is 11.1 Å². The minimum Gasteiger partial charge on any atom is -0.493 e. The number of rotatable bonds is 4. The summed E-state index contributed by atoms with van der Waals surface area (Å²) in [4.78, 5) is 11.4. The molecule has 1 aromatic heterocycles. The maximum Gasteiger partial charge on any atom is 0.346 e. The van der Waals surface area contributed by atoms with Gasteiger partial charge < -0.3 is 14.6 Å². The third-order valence-corrected chi connectivity index (χ3v) is 3.45. The average Bonchev–Trinajstić information content (AvgIpc) is 2.86. The first-order chi connectivity index (χ1) is 8.69. The van der Waals surface area contributed by atoms with Crippen LogP contribution in [0.2, 0.25) is 0 Å². The Morgan fingerprint density at radius 1 is 1.17 bits per heavy atom. The van der Waals surface area contributed by atoms with Crippen LogP contribution < -0.4 is 9.47 Å². The lowest BCUT2D eigenvalue weighted by molar-refractivity contribution is 0.0703. The second-order valence-corrected chi connectivity index (χ2v) is 4.43. The molecule has 18 heavy (non-hydrogen) atoms. The standard InChI is InChI=1S/C13H12O4S/c1-16-10-5-3-4-8(11(10)17-2)9-6-7-18-12(9)13(14)15/h3-7H,1-2H3,(H,14,15). The fraction of sp³-hybridized carbons (Fsp3) is 0.154. The van der Waals surface area contributed by atoms with E-state index in [9.17, 15) is 4.79 Å². The van der Waals surface area contributed by atoms with Crippen molar-refractivity contribution in [2.45, 2.75) is 0 Å². The van der Waals surface area contributed by atoms with Crippen LogP contribution in [0.15, 0.2) is 29.6 Å². The van der Waals surface area contributed by atoms with Crippen molar-refractivity contribution < 1.29 is 19.4 Å². The first-order valence-corrected chi connectivity index (χ1v) is 6.09. The van der Waals surface area contributed by atoms with Gasteiger partial charge in [0.2, 0.25) is 0 Å². The van der Waals surface area contributed by atoms with Crippen LogP contribution in [0.1, 0.15) is 9.67 Å². The van der Waals surface area contributed by atoms with Crippen molar-refractivity contribution in [1.82, 2.24) is 0 Å². The largest absolute Gasteiger partial charge is 0.493 e. The SMILES string of the molecule is COc1cccc(-c2ccsc2C(=O)O)c1OC. The minimum absolute atomic E-state index is 0.293. The normalized spacial score (nSPS) is 10.1. The number of para-hydroxylation sites is 1. The fourth-order valence-corrected chi connectivity index (χ4v) is 2.53. The number of carbonyl (C=O) groups is 1. The Labute approximate surface area is 108 Å². The summed E-state index contributed by atoms with van der Waals surface area (Å²) < 4.78 is 10.5. The number of ether oxygens (including phenoxy) is 2. The Hall–Kier alpha value is -2.01. The van der Waals surface area contributed by atoms with Crippen LogP contribution in [0.4, 0.5) is 0 Å². The van der Waals surface area contributed by atoms with Crippen molar-refractivity contribution in [3.8, 4) is 22.6 Å². The smallest absolute Gasteiger partial charge is 0.346 e. The predicted molar refractivity (Wildman–Crippen MR) is 69.8 cm³/mol. The van der Waals surface area contributed by atoms with Crippen molar-refractivity contribution in [3.63, 3.8) is 0 Å². The molecule has 0 radical (unpaired) electrons. The van der Waals surface area contributed by atoms with E-state index in [1.54, 1.807) is 30.7 Å². The summed E-state index contributed by atoms with van der Waals surface area (Å²) >= 11 is 1.19. The van der Waals surface area contributed by atoms with Gasteiger partial charge in [-0.3, -0.25) is 0 Å². The Balaban J connectivity index is 2.63. The summed E-state index contributed by atoms with van der Waals surface area (Å²) in [6.07, 6.45) is 0. The molecule has 0 amide bonds. The highest BCUT2D eigenvalue weighted by Gasteiger charge is 2.18. The zero-order chi connectivity index (χ0) is 13.1. The summed E-state index contributed by atoms with van der Waals surface area (Å²) in [6.45, 7) is 0. The summed E-state index contributed by atoms with van der Waals surface area (Å²) in [5.41, 5.74) is 1.36. The van der Waals surface area contributed by atoms with Crippen LogP contribution in [0, 0.1) is 0 Å². The number of methoxy groups -OCH3 is 2. The molecule has 0 unspecified atom stereocenters. The van der Waals surface area contributed by atoms with E-state index in [1.165, 1.54) is 18.4 Å². The molecule has 0 aliphatic rings. The molecular formula is C13H12O4S. The highest BCUT2D eigenvalue weighted by molar-refractivity contribution is 7.12. The Morgan fingerprint density at radius 3 is 2.56 bits per heavy atom. The third kappa shape index (κ3) is 2.04. The number of benzene rings is 1. The van der Waals surface area contributed by atoms with Gasteiger partial charge in [-0.05, 0) is 17.5 Å². The van der Waals surface area contributed by atoms with Gasteiger partial charge in [-0.1, -0.05) is 12.1 Å². The third-order valence-electron chi connectivity index (χ3n) is 2.55. The molecule has 0 atom stereocenters. The van der Waals surface area contributed by atoms with Gasteiger partial charge in [0.25, 0.3) is 0 Å². The number of carboxylic acids is 1. The molecule has 1 heterocycles. The topological polar surface area (TPSA) is 55.8 Å². The van der Waals surface area contributed by atoms with E-state index in [2.05, 4.69) is 0 Å². The van der Waals surface area contributed by atoms with Gasteiger partial charge in [0.15, 0.2) is 11.5 Å². The molecule has 0 saturated carbocycles. The second kappa shape index (κ2) is 5.10. The first-order valence-electron chi connectivity index (χ1n) is 5.21. The van der Waals surface area contributed by atoms with Gasteiger partial charge in [0.05, 0.1) is 14.2 Å².